The number of imidazole rings is 1. The Labute approximate surface area is 334 Å². The minimum absolute atomic E-state index is 0.295. The maximum Gasteiger partial charge on any atom is 0.147 e. The van der Waals surface area contributed by atoms with E-state index in [-0.39, 0.29) is 0 Å². The molecule has 0 unspecified atom stereocenters. The van der Waals surface area contributed by atoms with Crippen molar-refractivity contribution >= 4 is 54.6 Å². The molecule has 0 radical (unpaired) electrons. The highest BCUT2D eigenvalue weighted by atomic mass is 15.1. The van der Waals surface area contributed by atoms with E-state index in [4.69, 9.17) is 14.1 Å². The fraction of sp³-hybridized carbons (Fsp3) is 0.0769. The monoisotopic (exact) mass is 736 g/mol. The fourth-order valence-corrected chi connectivity index (χ4v) is 9.16. The molecule has 7 aromatic carbocycles. The Balaban J connectivity index is 1.16. The van der Waals surface area contributed by atoms with Gasteiger partial charge in [0.25, 0.3) is 0 Å². The summed E-state index contributed by atoms with van der Waals surface area (Å²) < 4.78 is 28.5. The molecule has 0 saturated heterocycles. The number of fused-ring (bicyclic) bond motifs is 7. The number of benzene rings is 7. The molecule has 0 aliphatic rings. The molecule has 0 bridgehead atoms. The van der Waals surface area contributed by atoms with Crippen LogP contribution in [0, 0.1) is 27.6 Å². The molecule has 11 aromatic rings. The van der Waals surface area contributed by atoms with Crippen molar-refractivity contribution in [2.45, 2.75) is 27.6 Å². The molecule has 57 heavy (non-hydrogen) atoms. The summed E-state index contributed by atoms with van der Waals surface area (Å²) in [4.78, 5) is 14.0. The van der Waals surface area contributed by atoms with Crippen molar-refractivity contribution in [2.75, 3.05) is 0 Å². The highest BCUT2D eigenvalue weighted by Gasteiger charge is 2.22. The number of rotatable bonds is 5. The van der Waals surface area contributed by atoms with E-state index in [1.54, 1.807) is 12.1 Å². The summed E-state index contributed by atoms with van der Waals surface area (Å²) in [6.45, 7) is 4.34. The summed E-state index contributed by atoms with van der Waals surface area (Å²) >= 11 is 0. The second-order valence-electron chi connectivity index (χ2n) is 15.2. The first-order chi connectivity index (χ1) is 29.1. The van der Waals surface area contributed by atoms with E-state index in [1.807, 2.05) is 36.5 Å². The minimum atomic E-state index is -2.21. The summed E-state index contributed by atoms with van der Waals surface area (Å²) in [6.07, 6.45) is 1.84. The highest BCUT2D eigenvalue weighted by molar-refractivity contribution is 6.13. The van der Waals surface area contributed by atoms with Gasteiger partial charge in [-0.05, 0) is 116 Å². The maximum absolute atomic E-state index is 8.03. The summed E-state index contributed by atoms with van der Waals surface area (Å²) in [5.74, 6) is 1.61. The van der Waals surface area contributed by atoms with Gasteiger partial charge in [-0.2, -0.15) is 0 Å². The van der Waals surface area contributed by atoms with Gasteiger partial charge in [-0.3, -0.25) is 9.13 Å². The van der Waals surface area contributed by atoms with Gasteiger partial charge in [-0.15, -0.1) is 0 Å². The molecule has 0 amide bonds. The van der Waals surface area contributed by atoms with Crippen LogP contribution in [0.5, 0.6) is 0 Å². The first-order valence-corrected chi connectivity index (χ1v) is 19.3. The minimum Gasteiger partial charge on any atom is -0.354 e. The lowest BCUT2D eigenvalue weighted by Crippen LogP contribution is -1.98. The van der Waals surface area contributed by atoms with E-state index in [0.717, 1.165) is 88.7 Å². The van der Waals surface area contributed by atoms with Crippen molar-refractivity contribution in [3.63, 3.8) is 0 Å². The van der Waals surface area contributed by atoms with Crippen LogP contribution in [0.4, 0.5) is 0 Å². The predicted molar refractivity (Wildman–Crippen MR) is 238 cm³/mol. The molecule has 5 nitrogen and oxygen atoms in total. The molecule has 272 valence electrons. The Bertz CT molecular complexity index is 3470. The van der Waals surface area contributed by atoms with E-state index < -0.39 is 6.85 Å². The van der Waals surface area contributed by atoms with Gasteiger partial charge in [0.15, 0.2) is 0 Å². The number of aryl methyl sites for hydroxylation is 4. The van der Waals surface area contributed by atoms with Crippen LogP contribution in [-0.2, 0) is 0 Å². The van der Waals surface area contributed by atoms with Crippen molar-refractivity contribution in [1.29, 1.82) is 0 Å². The Kier molecular flexibility index (Phi) is 6.67. The molecule has 4 aromatic heterocycles. The molecule has 5 heteroatoms. The summed E-state index contributed by atoms with van der Waals surface area (Å²) in [7, 11) is 0. The SMILES string of the molecule is [2H]C([2H])([2H])c1ccc(-n2c(-c3cccc4c3[nH]c3ccccc34)nc3c(-c4ccc5c6cc(-c7c(C)cc(C)cc7C)ccc6n(-c6ccccn6)c5c4)cccc32)cc1. The first kappa shape index (κ1) is 30.0. The number of pyridine rings is 1. The smallest absolute Gasteiger partial charge is 0.147 e. The lowest BCUT2D eigenvalue weighted by Gasteiger charge is -2.12. The van der Waals surface area contributed by atoms with E-state index >= 15 is 0 Å². The summed E-state index contributed by atoms with van der Waals surface area (Å²) in [5.41, 5.74) is 16.3. The molecule has 0 spiro atoms. The number of nitrogens with zero attached hydrogens (tertiary/aromatic N) is 4. The van der Waals surface area contributed by atoms with Gasteiger partial charge in [0.2, 0.25) is 0 Å². The third-order valence-corrected chi connectivity index (χ3v) is 11.5. The molecular formula is C52H39N5. The molecule has 0 fully saturated rings. The third-order valence-electron chi connectivity index (χ3n) is 11.5. The second-order valence-corrected chi connectivity index (χ2v) is 15.2. The fourth-order valence-electron chi connectivity index (χ4n) is 9.16. The van der Waals surface area contributed by atoms with Gasteiger partial charge in [-0.25, -0.2) is 9.97 Å². The molecule has 11 rings (SSSR count). The van der Waals surface area contributed by atoms with Crippen LogP contribution < -0.4 is 0 Å². The maximum atomic E-state index is 8.03. The third kappa shape index (κ3) is 5.16. The van der Waals surface area contributed by atoms with E-state index in [1.165, 1.54) is 27.8 Å². The standard InChI is InChI=1S/C52H39N5/c1-31-18-22-37(23-19-31)56-46-16-10-12-38(51(46)55-52(56)42-14-9-13-41-39-11-5-6-15-44(39)54-50(41)42)35-20-24-40-43-29-36(49-33(3)27-32(2)28-34(49)4)21-25-45(43)57(47(40)30-35)48-17-7-8-26-53-48/h5-30,54H,1-4H3/i1D3. The van der Waals surface area contributed by atoms with Crippen molar-refractivity contribution in [3.05, 3.63) is 180 Å². The van der Waals surface area contributed by atoms with Crippen molar-refractivity contribution < 1.29 is 4.11 Å². The van der Waals surface area contributed by atoms with Crippen LogP contribution in [0.3, 0.4) is 0 Å². The predicted octanol–water partition coefficient (Wildman–Crippen LogP) is 13.4. The molecule has 0 aliphatic carbocycles. The molecule has 0 saturated carbocycles. The van der Waals surface area contributed by atoms with Crippen LogP contribution in [-0.4, -0.2) is 24.1 Å². The van der Waals surface area contributed by atoms with Crippen LogP contribution >= 0.6 is 0 Å². The Morgan fingerprint density at radius 1 is 0.544 bits per heavy atom. The number of para-hydroxylation sites is 3. The summed E-state index contributed by atoms with van der Waals surface area (Å²) in [5, 5.41) is 4.56. The number of H-pyrrole nitrogens is 1. The van der Waals surface area contributed by atoms with E-state index in [2.05, 4.69) is 144 Å². The van der Waals surface area contributed by atoms with Gasteiger partial charge in [0.05, 0.1) is 27.6 Å². The van der Waals surface area contributed by atoms with E-state index in [9.17, 15) is 0 Å². The van der Waals surface area contributed by atoms with Gasteiger partial charge in [0.1, 0.15) is 11.6 Å². The van der Waals surface area contributed by atoms with Gasteiger partial charge < -0.3 is 4.98 Å². The van der Waals surface area contributed by atoms with Crippen LogP contribution in [0.15, 0.2) is 158 Å². The zero-order chi connectivity index (χ0) is 40.9. The van der Waals surface area contributed by atoms with Crippen LogP contribution in [0.25, 0.3) is 99.8 Å². The quantitative estimate of drug-likeness (QED) is 0.191. The van der Waals surface area contributed by atoms with Crippen molar-refractivity contribution in [2.24, 2.45) is 0 Å². The number of aromatic amines is 1. The number of nitrogens with one attached hydrogen (secondary N) is 1. The van der Waals surface area contributed by atoms with Gasteiger partial charge in [-0.1, -0.05) is 102 Å². The topological polar surface area (TPSA) is 51.4 Å². The Morgan fingerprint density at radius 3 is 2.14 bits per heavy atom. The number of hydrogen-bond donors (Lipinski definition) is 1. The molecule has 0 atom stereocenters. The van der Waals surface area contributed by atoms with Crippen LogP contribution in [0.2, 0.25) is 0 Å². The van der Waals surface area contributed by atoms with Gasteiger partial charge in [0, 0.05) is 54.2 Å². The largest absolute Gasteiger partial charge is 0.354 e. The number of hydrogen-bond acceptors (Lipinski definition) is 2. The Morgan fingerprint density at radius 2 is 1.32 bits per heavy atom. The molecule has 1 N–H and O–H groups in total. The number of aromatic nitrogens is 5. The highest BCUT2D eigenvalue weighted by Crippen LogP contribution is 2.41. The molecular weight excluding hydrogens is 695 g/mol. The summed E-state index contributed by atoms with van der Waals surface area (Å²) in [6, 6.07) is 52.2. The van der Waals surface area contributed by atoms with Crippen molar-refractivity contribution in [1.82, 2.24) is 24.1 Å². The van der Waals surface area contributed by atoms with E-state index in [0.29, 0.717) is 5.56 Å². The zero-order valence-electron chi connectivity index (χ0n) is 34.8. The molecule has 0 aliphatic heterocycles. The zero-order valence-corrected chi connectivity index (χ0v) is 31.8. The van der Waals surface area contributed by atoms with Crippen molar-refractivity contribution in [3.8, 4) is 45.1 Å². The second kappa shape index (κ2) is 12.7. The lowest BCUT2D eigenvalue weighted by molar-refractivity contribution is 1.08. The average Bonchev–Trinajstić information content (AvgIpc) is 3.93. The Hall–Kier alpha value is -7.24. The van der Waals surface area contributed by atoms with Crippen LogP contribution in [0.1, 0.15) is 26.4 Å². The van der Waals surface area contributed by atoms with Gasteiger partial charge >= 0.3 is 0 Å². The first-order valence-electron chi connectivity index (χ1n) is 20.8. The average molecular weight is 737 g/mol. The normalized spacial score (nSPS) is 12.9. The lowest BCUT2D eigenvalue weighted by atomic mass is 9.93. The molecule has 4 heterocycles.